The second-order valence-electron chi connectivity index (χ2n) is 7.33. The van der Waals surface area contributed by atoms with Crippen LogP contribution < -0.4 is 10.4 Å². The van der Waals surface area contributed by atoms with E-state index in [2.05, 4.69) is 9.71 Å². The lowest BCUT2D eigenvalue weighted by Crippen LogP contribution is -2.17. The van der Waals surface area contributed by atoms with Gasteiger partial charge in [0.05, 0.1) is 9.10 Å². The highest BCUT2D eigenvalue weighted by molar-refractivity contribution is 8.01. The number of nitrogens with one attached hydrogen (secondary N) is 1. The molecule has 1 N–H and O–H groups in total. The summed E-state index contributed by atoms with van der Waals surface area (Å²) in [6.45, 7) is 6.67. The van der Waals surface area contributed by atoms with E-state index in [-0.39, 0.29) is 10.7 Å². The normalized spacial score (nSPS) is 12.5. The van der Waals surface area contributed by atoms with Crippen LogP contribution in [0.4, 0.5) is 10.2 Å². The van der Waals surface area contributed by atoms with Crippen molar-refractivity contribution < 1.29 is 12.8 Å². The Balaban J connectivity index is 2.05. The zero-order valence-electron chi connectivity index (χ0n) is 16.8. The molecule has 0 atom stereocenters. The minimum Gasteiger partial charge on any atom is -0.261 e. The van der Waals surface area contributed by atoms with Crippen LogP contribution in [0.1, 0.15) is 30.8 Å². The van der Waals surface area contributed by atoms with Crippen LogP contribution in [0.15, 0.2) is 38.2 Å². The largest absolute Gasteiger partial charge is 0.354 e. The van der Waals surface area contributed by atoms with Crippen molar-refractivity contribution >= 4 is 50.5 Å². The number of aryl methyl sites for hydroxylation is 1. The molecule has 6 nitrogen and oxygen atoms in total. The Hall–Kier alpha value is -1.62. The van der Waals surface area contributed by atoms with Gasteiger partial charge in [0.2, 0.25) is 0 Å². The molecule has 0 unspecified atom stereocenters. The molecule has 11 heteroatoms. The van der Waals surface area contributed by atoms with E-state index in [0.29, 0.717) is 32.8 Å². The van der Waals surface area contributed by atoms with Crippen LogP contribution in [0.25, 0.3) is 5.69 Å². The maximum Gasteiger partial charge on any atom is 0.354 e. The SMILES string of the molecule is Cc1sc(SCCC(C)(C)F)c2c(NS(=O)(=O)c3ccc(Cl)cc3)nc(=O)n-2c1C. The van der Waals surface area contributed by atoms with E-state index in [9.17, 15) is 17.6 Å². The molecule has 0 aliphatic carbocycles. The van der Waals surface area contributed by atoms with Crippen molar-refractivity contribution in [1.29, 1.82) is 0 Å². The molecule has 0 saturated carbocycles. The molecular formula is C19H21ClFN3O3S3. The molecule has 2 aliphatic heterocycles. The Morgan fingerprint density at radius 2 is 1.90 bits per heavy atom. The summed E-state index contributed by atoms with van der Waals surface area (Å²) in [5.41, 5.74) is -0.830. The van der Waals surface area contributed by atoms with E-state index < -0.39 is 21.4 Å². The molecule has 0 fully saturated rings. The lowest BCUT2D eigenvalue weighted by molar-refractivity contribution is 0.212. The van der Waals surface area contributed by atoms with Crippen LogP contribution in [0.5, 0.6) is 0 Å². The van der Waals surface area contributed by atoms with Crippen molar-refractivity contribution in [3.8, 4) is 5.69 Å². The number of rotatable bonds is 7. The molecule has 3 rings (SSSR count). The third-order valence-electron chi connectivity index (χ3n) is 4.42. The summed E-state index contributed by atoms with van der Waals surface area (Å²) in [6, 6.07) is 5.68. The number of alkyl halides is 1. The van der Waals surface area contributed by atoms with Crippen molar-refractivity contribution in [3.63, 3.8) is 0 Å². The van der Waals surface area contributed by atoms with Gasteiger partial charge in [0.15, 0.2) is 5.82 Å². The van der Waals surface area contributed by atoms with Gasteiger partial charge >= 0.3 is 5.69 Å². The molecule has 2 aliphatic rings. The van der Waals surface area contributed by atoms with Crippen LogP contribution in [-0.4, -0.2) is 29.4 Å². The molecule has 0 radical (unpaired) electrons. The van der Waals surface area contributed by atoms with E-state index >= 15 is 0 Å². The lowest BCUT2D eigenvalue weighted by Gasteiger charge is -2.17. The molecule has 0 amide bonds. The highest BCUT2D eigenvalue weighted by atomic mass is 35.5. The van der Waals surface area contributed by atoms with E-state index in [1.165, 1.54) is 65.8 Å². The number of hydrogen-bond donors (Lipinski definition) is 1. The minimum absolute atomic E-state index is 0.00129. The first kappa shape index (κ1) is 23.1. The highest BCUT2D eigenvalue weighted by Gasteiger charge is 2.27. The zero-order chi connectivity index (χ0) is 22.3. The summed E-state index contributed by atoms with van der Waals surface area (Å²) in [7, 11) is -3.98. The Morgan fingerprint density at radius 3 is 2.50 bits per heavy atom. The molecule has 1 aromatic rings. The molecule has 1 aromatic carbocycles. The molecule has 0 bridgehead atoms. The fourth-order valence-electron chi connectivity index (χ4n) is 2.67. The van der Waals surface area contributed by atoms with Crippen molar-refractivity contribution in [2.24, 2.45) is 0 Å². The van der Waals surface area contributed by atoms with Gasteiger partial charge < -0.3 is 0 Å². The number of benzene rings is 1. The van der Waals surface area contributed by atoms with Gasteiger partial charge in [-0.05, 0) is 58.4 Å². The minimum atomic E-state index is -3.98. The van der Waals surface area contributed by atoms with Crippen molar-refractivity contribution in [2.75, 3.05) is 10.5 Å². The Bertz CT molecular complexity index is 1200. The molecule has 0 spiro atoms. The Labute approximate surface area is 187 Å². The predicted molar refractivity (Wildman–Crippen MR) is 121 cm³/mol. The summed E-state index contributed by atoms with van der Waals surface area (Å²) in [4.78, 5) is 17.4. The molecule has 30 heavy (non-hydrogen) atoms. The number of anilines is 1. The van der Waals surface area contributed by atoms with Crippen LogP contribution >= 0.6 is 34.7 Å². The summed E-state index contributed by atoms with van der Waals surface area (Å²) >= 11 is 8.64. The first-order chi connectivity index (χ1) is 13.9. The van der Waals surface area contributed by atoms with Crippen molar-refractivity contribution in [2.45, 2.75) is 48.9 Å². The molecule has 0 saturated heterocycles. The van der Waals surface area contributed by atoms with Gasteiger partial charge in [0, 0.05) is 21.3 Å². The summed E-state index contributed by atoms with van der Waals surface area (Å²) in [6.07, 6.45) is 0.313. The zero-order valence-corrected chi connectivity index (χ0v) is 20.0. The van der Waals surface area contributed by atoms with Gasteiger partial charge in [-0.25, -0.2) is 17.6 Å². The Kier molecular flexibility index (Phi) is 6.52. The Morgan fingerprint density at radius 1 is 1.27 bits per heavy atom. The first-order valence-corrected chi connectivity index (χ1v) is 12.7. The predicted octanol–water partition coefficient (Wildman–Crippen LogP) is 5.03. The lowest BCUT2D eigenvalue weighted by atomic mass is 10.1. The van der Waals surface area contributed by atoms with Gasteiger partial charge in [0.1, 0.15) is 11.4 Å². The van der Waals surface area contributed by atoms with E-state index in [1.54, 1.807) is 6.92 Å². The van der Waals surface area contributed by atoms with Gasteiger partial charge in [-0.3, -0.25) is 9.29 Å². The number of thioether (sulfide) groups is 1. The number of aromatic nitrogens is 2. The summed E-state index contributed by atoms with van der Waals surface area (Å²) in [5, 5.41) is 0.408. The third kappa shape index (κ3) is 4.99. The number of halogens is 2. The number of hydrogen-bond acceptors (Lipinski definition) is 6. The van der Waals surface area contributed by atoms with Crippen molar-refractivity contribution in [1.82, 2.24) is 9.55 Å². The summed E-state index contributed by atoms with van der Waals surface area (Å²) in [5.74, 6) is 0.428. The second-order valence-corrected chi connectivity index (χ2v) is 12.0. The van der Waals surface area contributed by atoms with Crippen LogP contribution in [0.2, 0.25) is 5.02 Å². The van der Waals surface area contributed by atoms with Crippen LogP contribution in [-0.2, 0) is 10.0 Å². The standard InChI is InChI=1S/C19H21ClFN3O3S3/c1-11-12(2)29-17(28-10-9-19(3,4)21)15-16(22-18(25)24(11)15)23-30(26,27)14-7-5-13(20)6-8-14/h5-8H,9-10H2,1-4H3,(H,22,23,25). The molecular weight excluding hydrogens is 469 g/mol. The summed E-state index contributed by atoms with van der Waals surface area (Å²) < 4.78 is 44.0. The number of nitrogens with zero attached hydrogens (tertiary/aromatic N) is 2. The fraction of sp³-hybridized carbons (Fsp3) is 0.368. The number of sulfonamides is 1. The first-order valence-electron chi connectivity index (χ1n) is 9.02. The van der Waals surface area contributed by atoms with E-state index in [1.807, 2.05) is 6.92 Å². The smallest absolute Gasteiger partial charge is 0.261 e. The molecule has 162 valence electrons. The van der Waals surface area contributed by atoms with Crippen LogP contribution in [0.3, 0.4) is 0 Å². The second kappa shape index (κ2) is 8.49. The van der Waals surface area contributed by atoms with E-state index in [0.717, 1.165) is 4.88 Å². The maximum atomic E-state index is 13.9. The van der Waals surface area contributed by atoms with Crippen LogP contribution in [0, 0.1) is 13.8 Å². The highest BCUT2D eigenvalue weighted by Crippen LogP contribution is 2.39. The average Bonchev–Trinajstić information content (AvgIpc) is 2.94. The molecule has 0 aromatic heterocycles. The van der Waals surface area contributed by atoms with Crippen molar-refractivity contribution in [3.05, 3.63) is 50.3 Å². The number of imidazole rings is 1. The van der Waals surface area contributed by atoms with Gasteiger partial charge in [0.25, 0.3) is 10.0 Å². The monoisotopic (exact) mass is 489 g/mol. The van der Waals surface area contributed by atoms with Gasteiger partial charge in [-0.1, -0.05) is 11.6 Å². The quantitative estimate of drug-likeness (QED) is 0.470. The van der Waals surface area contributed by atoms with Gasteiger partial charge in [-0.2, -0.15) is 4.98 Å². The fourth-order valence-corrected chi connectivity index (χ4v) is 6.57. The molecule has 2 heterocycles. The maximum absolute atomic E-state index is 13.9. The van der Waals surface area contributed by atoms with Gasteiger partial charge in [-0.15, -0.1) is 23.1 Å². The third-order valence-corrected chi connectivity index (χ3v) is 8.47. The number of fused-ring (bicyclic) bond motifs is 1. The average molecular weight is 490 g/mol. The van der Waals surface area contributed by atoms with E-state index in [4.69, 9.17) is 11.6 Å². The topological polar surface area (TPSA) is 81.1 Å².